The first kappa shape index (κ1) is 24.4. The molecule has 0 atom stereocenters. The number of carboxylic acid groups (broad SMARTS) is 1. The van der Waals surface area contributed by atoms with Crippen LogP contribution in [0.1, 0.15) is 30.4 Å². The number of benzene rings is 1. The van der Waals surface area contributed by atoms with Crippen LogP contribution in [-0.2, 0) is 17.9 Å². The lowest BCUT2D eigenvalue weighted by Crippen LogP contribution is -2.34. The van der Waals surface area contributed by atoms with E-state index in [1.54, 1.807) is 12.1 Å². The molecule has 1 fully saturated rings. The summed E-state index contributed by atoms with van der Waals surface area (Å²) in [4.78, 5) is 11.2. The lowest BCUT2D eigenvalue weighted by molar-refractivity contribution is -0.192. The zero-order chi connectivity index (χ0) is 24.0. The molecule has 0 saturated carbocycles. The van der Waals surface area contributed by atoms with Crippen molar-refractivity contribution in [3.8, 4) is 11.3 Å². The van der Waals surface area contributed by atoms with Gasteiger partial charge in [-0.2, -0.15) is 13.2 Å². The zero-order valence-corrected chi connectivity index (χ0v) is 17.4. The average Bonchev–Trinajstić information content (AvgIpc) is 3.44. The lowest BCUT2D eigenvalue weighted by Gasteiger charge is -2.31. The number of carbonyl (C=O) groups is 1. The molecule has 0 spiro atoms. The highest BCUT2D eigenvalue weighted by atomic mass is 19.4. The first-order chi connectivity index (χ1) is 15.7. The van der Waals surface area contributed by atoms with Gasteiger partial charge in [-0.25, -0.2) is 13.9 Å². The molecular weight excluding hydrogens is 448 g/mol. The van der Waals surface area contributed by atoms with E-state index in [1.165, 1.54) is 12.1 Å². The molecule has 33 heavy (non-hydrogen) atoms. The minimum Gasteiger partial charge on any atom is -0.475 e. The van der Waals surface area contributed by atoms with Crippen LogP contribution in [0.5, 0.6) is 0 Å². The Kier molecular flexibility index (Phi) is 7.82. The molecule has 0 amide bonds. The van der Waals surface area contributed by atoms with Crippen molar-refractivity contribution in [3.05, 3.63) is 59.9 Å². The maximum Gasteiger partial charge on any atom is 0.490 e. The van der Waals surface area contributed by atoms with E-state index in [-0.39, 0.29) is 12.4 Å². The summed E-state index contributed by atoms with van der Waals surface area (Å²) in [5.41, 5.74) is 1.63. The van der Waals surface area contributed by atoms with Gasteiger partial charge < -0.3 is 14.6 Å². The highest BCUT2D eigenvalue weighted by Gasteiger charge is 2.38. The van der Waals surface area contributed by atoms with Crippen molar-refractivity contribution in [2.75, 3.05) is 13.1 Å². The van der Waals surface area contributed by atoms with Crippen molar-refractivity contribution in [1.82, 2.24) is 19.9 Å². The minimum absolute atomic E-state index is 0.0647. The maximum atomic E-state index is 13.0. The molecule has 1 aromatic carbocycles. The molecule has 178 valence electrons. The topological polar surface area (TPSA) is 105 Å². The summed E-state index contributed by atoms with van der Waals surface area (Å²) in [6.07, 6.45) is -1.17. The molecule has 0 radical (unpaired) electrons. The molecule has 0 unspecified atom stereocenters. The number of rotatable bonds is 5. The van der Waals surface area contributed by atoms with Crippen molar-refractivity contribution in [2.24, 2.45) is 0 Å². The smallest absolute Gasteiger partial charge is 0.475 e. The standard InChI is InChI=1S/C19H21FN4O2.C2HF3O2/c20-15-3-1-14(2-4-15)19-12-24(22-21-19)16-7-9-23(10-8-16)11-17-5-6-18(13-25)26-17;3-2(4,5)1(6)7/h1-6,12,16,25H,7-11,13H2;(H,6,7). The molecule has 8 nitrogen and oxygen atoms in total. The Balaban J connectivity index is 0.000000383. The largest absolute Gasteiger partial charge is 0.490 e. The van der Waals surface area contributed by atoms with Gasteiger partial charge in [0.25, 0.3) is 0 Å². The molecule has 0 bridgehead atoms. The van der Waals surface area contributed by atoms with Gasteiger partial charge in [-0.05, 0) is 49.2 Å². The van der Waals surface area contributed by atoms with Gasteiger partial charge >= 0.3 is 12.1 Å². The molecule has 1 saturated heterocycles. The number of aliphatic carboxylic acids is 1. The number of likely N-dealkylation sites (tertiary alicyclic amines) is 1. The molecule has 3 aromatic rings. The van der Waals surface area contributed by atoms with E-state index in [4.69, 9.17) is 19.4 Å². The first-order valence-corrected chi connectivity index (χ1v) is 10.0. The van der Waals surface area contributed by atoms with Gasteiger partial charge in [-0.15, -0.1) is 5.10 Å². The van der Waals surface area contributed by atoms with Crippen LogP contribution in [0.3, 0.4) is 0 Å². The van der Waals surface area contributed by atoms with Crippen LogP contribution < -0.4 is 0 Å². The van der Waals surface area contributed by atoms with E-state index in [0.717, 1.165) is 49.5 Å². The fourth-order valence-corrected chi connectivity index (χ4v) is 3.36. The second-order valence-corrected chi connectivity index (χ2v) is 7.43. The van der Waals surface area contributed by atoms with Gasteiger partial charge in [0.15, 0.2) is 0 Å². The Morgan fingerprint density at radius 2 is 1.70 bits per heavy atom. The van der Waals surface area contributed by atoms with Gasteiger partial charge in [0.2, 0.25) is 0 Å². The highest BCUT2D eigenvalue weighted by molar-refractivity contribution is 5.73. The summed E-state index contributed by atoms with van der Waals surface area (Å²) in [5, 5.41) is 24.7. The third-order valence-electron chi connectivity index (χ3n) is 5.08. The van der Waals surface area contributed by atoms with Crippen molar-refractivity contribution >= 4 is 5.97 Å². The number of furan rings is 1. The van der Waals surface area contributed by atoms with Gasteiger partial charge in [0.05, 0.1) is 18.8 Å². The zero-order valence-electron chi connectivity index (χ0n) is 17.4. The summed E-state index contributed by atoms with van der Waals surface area (Å²) in [6.45, 7) is 2.59. The highest BCUT2D eigenvalue weighted by Crippen LogP contribution is 2.25. The van der Waals surface area contributed by atoms with Crippen LogP contribution in [0.4, 0.5) is 17.6 Å². The van der Waals surface area contributed by atoms with E-state index in [9.17, 15) is 17.6 Å². The summed E-state index contributed by atoms with van der Waals surface area (Å²) in [5.74, 6) is -1.53. The Labute approximate surface area is 186 Å². The maximum absolute atomic E-state index is 13.0. The summed E-state index contributed by atoms with van der Waals surface area (Å²) < 4.78 is 52.3. The fraction of sp³-hybridized carbons (Fsp3) is 0.381. The first-order valence-electron chi connectivity index (χ1n) is 10.0. The normalized spacial score (nSPS) is 15.2. The third-order valence-corrected chi connectivity index (χ3v) is 5.08. The number of aliphatic hydroxyl groups excluding tert-OH is 1. The average molecular weight is 470 g/mol. The Morgan fingerprint density at radius 3 is 2.24 bits per heavy atom. The molecular formula is C21H22F4N4O4. The number of halogens is 4. The van der Waals surface area contributed by atoms with Gasteiger partial charge in [0, 0.05) is 18.7 Å². The number of nitrogens with zero attached hydrogens (tertiary/aromatic N) is 4. The number of hydrogen-bond donors (Lipinski definition) is 2. The number of carboxylic acids is 1. The van der Waals surface area contributed by atoms with Crippen LogP contribution in [0, 0.1) is 5.82 Å². The van der Waals surface area contributed by atoms with Crippen LogP contribution in [0.15, 0.2) is 47.0 Å². The number of hydrogen-bond acceptors (Lipinski definition) is 6. The van der Waals surface area contributed by atoms with Gasteiger partial charge in [0.1, 0.15) is 29.6 Å². The Hall–Kier alpha value is -3.25. The predicted molar refractivity (Wildman–Crippen MR) is 107 cm³/mol. The number of alkyl halides is 3. The second-order valence-electron chi connectivity index (χ2n) is 7.43. The SMILES string of the molecule is O=C(O)C(F)(F)F.OCc1ccc(CN2CCC(n3cc(-c4ccc(F)cc4)nn3)CC2)o1. The molecule has 2 N–H and O–H groups in total. The van der Waals surface area contributed by atoms with E-state index >= 15 is 0 Å². The third kappa shape index (κ3) is 6.86. The van der Waals surface area contributed by atoms with Crippen molar-refractivity contribution in [3.63, 3.8) is 0 Å². The van der Waals surface area contributed by atoms with Crippen LogP contribution in [-0.4, -0.2) is 55.3 Å². The number of piperidine rings is 1. The number of aromatic nitrogens is 3. The molecule has 1 aliphatic heterocycles. The van der Waals surface area contributed by atoms with E-state index in [0.29, 0.717) is 11.8 Å². The van der Waals surface area contributed by atoms with Crippen LogP contribution in [0.25, 0.3) is 11.3 Å². The van der Waals surface area contributed by atoms with Crippen molar-refractivity contribution in [2.45, 2.75) is 38.2 Å². The van der Waals surface area contributed by atoms with E-state index in [2.05, 4.69) is 15.2 Å². The molecule has 3 heterocycles. The Morgan fingerprint density at radius 1 is 1.09 bits per heavy atom. The summed E-state index contributed by atoms with van der Waals surface area (Å²) in [7, 11) is 0. The van der Waals surface area contributed by atoms with Gasteiger partial charge in [-0.3, -0.25) is 4.90 Å². The monoisotopic (exact) mass is 470 g/mol. The van der Waals surface area contributed by atoms with E-state index in [1.807, 2.05) is 23.0 Å². The summed E-state index contributed by atoms with van der Waals surface area (Å²) >= 11 is 0. The Bertz CT molecular complexity index is 1040. The molecule has 2 aromatic heterocycles. The molecule has 12 heteroatoms. The predicted octanol–water partition coefficient (Wildman–Crippen LogP) is 3.64. The lowest BCUT2D eigenvalue weighted by atomic mass is 10.1. The van der Waals surface area contributed by atoms with Crippen molar-refractivity contribution < 1.29 is 37.0 Å². The second kappa shape index (κ2) is 10.6. The van der Waals surface area contributed by atoms with Gasteiger partial charge in [-0.1, -0.05) is 5.21 Å². The molecule has 4 rings (SSSR count). The van der Waals surface area contributed by atoms with E-state index < -0.39 is 12.1 Å². The molecule has 0 aliphatic carbocycles. The fourth-order valence-electron chi connectivity index (χ4n) is 3.36. The molecule has 1 aliphatic rings. The summed E-state index contributed by atoms with van der Waals surface area (Å²) in [6, 6.07) is 10.4. The number of aliphatic hydroxyl groups is 1. The minimum atomic E-state index is -5.08. The quantitative estimate of drug-likeness (QED) is 0.549. The van der Waals surface area contributed by atoms with Crippen LogP contribution in [0.2, 0.25) is 0 Å². The van der Waals surface area contributed by atoms with Crippen LogP contribution >= 0.6 is 0 Å². The van der Waals surface area contributed by atoms with Crippen molar-refractivity contribution in [1.29, 1.82) is 0 Å².